The first kappa shape index (κ1) is 14.8. The van der Waals surface area contributed by atoms with Crippen LogP contribution in [0, 0.1) is 6.92 Å². The standard InChI is InChI=1S/C13H11F3N4OS/c1-7-6-10(13(14,15)16)19-20(7)8(2)11-17-18-12(21-11)9-4-3-5-22-9/h3-6,8H,1-2H3. The summed E-state index contributed by atoms with van der Waals surface area (Å²) in [6.07, 6.45) is -4.48. The van der Waals surface area contributed by atoms with Crippen LogP contribution >= 0.6 is 11.3 Å². The van der Waals surface area contributed by atoms with Crippen molar-refractivity contribution in [2.45, 2.75) is 26.1 Å². The van der Waals surface area contributed by atoms with Gasteiger partial charge in [-0.2, -0.15) is 18.3 Å². The van der Waals surface area contributed by atoms with E-state index in [1.54, 1.807) is 13.8 Å². The Morgan fingerprint density at radius 3 is 2.68 bits per heavy atom. The fraction of sp³-hybridized carbons (Fsp3) is 0.308. The van der Waals surface area contributed by atoms with Crippen LogP contribution in [0.1, 0.15) is 30.2 Å². The lowest BCUT2D eigenvalue weighted by Crippen LogP contribution is -2.13. The molecule has 116 valence electrons. The van der Waals surface area contributed by atoms with E-state index >= 15 is 0 Å². The molecular formula is C13H11F3N4OS. The predicted octanol–water partition coefficient (Wildman–Crippen LogP) is 3.93. The van der Waals surface area contributed by atoms with Crippen LogP contribution in [-0.4, -0.2) is 20.0 Å². The summed E-state index contributed by atoms with van der Waals surface area (Å²) in [5, 5.41) is 13.3. The molecule has 22 heavy (non-hydrogen) atoms. The molecule has 5 nitrogen and oxygen atoms in total. The van der Waals surface area contributed by atoms with Crippen molar-refractivity contribution in [2.24, 2.45) is 0 Å². The second-order valence-corrected chi connectivity index (χ2v) is 5.66. The summed E-state index contributed by atoms with van der Waals surface area (Å²) in [7, 11) is 0. The molecule has 0 amide bonds. The van der Waals surface area contributed by atoms with Gasteiger partial charge in [-0.3, -0.25) is 4.68 Å². The number of aromatic nitrogens is 4. The molecule has 0 bridgehead atoms. The number of nitrogens with zero attached hydrogens (tertiary/aromatic N) is 4. The summed E-state index contributed by atoms with van der Waals surface area (Å²) in [5.41, 5.74) is -0.564. The Labute approximate surface area is 127 Å². The summed E-state index contributed by atoms with van der Waals surface area (Å²) in [4.78, 5) is 0.805. The number of halogens is 3. The molecule has 0 N–H and O–H groups in total. The van der Waals surface area contributed by atoms with Crippen LogP contribution in [0.3, 0.4) is 0 Å². The summed E-state index contributed by atoms with van der Waals surface area (Å²) in [5.74, 6) is 0.557. The topological polar surface area (TPSA) is 56.7 Å². The van der Waals surface area contributed by atoms with E-state index in [0.29, 0.717) is 11.6 Å². The van der Waals surface area contributed by atoms with Crippen molar-refractivity contribution < 1.29 is 17.6 Å². The third kappa shape index (κ3) is 2.63. The Kier molecular flexibility index (Phi) is 3.51. The number of thiophene rings is 1. The molecule has 0 aliphatic heterocycles. The van der Waals surface area contributed by atoms with Gasteiger partial charge in [0.05, 0.1) is 4.88 Å². The first-order valence-electron chi connectivity index (χ1n) is 6.37. The van der Waals surface area contributed by atoms with Crippen molar-refractivity contribution in [3.63, 3.8) is 0 Å². The molecule has 3 aromatic rings. The smallest absolute Gasteiger partial charge is 0.418 e. The molecule has 1 atom stereocenters. The molecule has 3 rings (SSSR count). The first-order chi connectivity index (χ1) is 10.4. The van der Waals surface area contributed by atoms with Crippen LogP contribution in [-0.2, 0) is 6.18 Å². The average Bonchev–Trinajstić information content (AvgIpc) is 3.17. The van der Waals surface area contributed by atoms with Gasteiger partial charge in [0.25, 0.3) is 5.89 Å². The predicted molar refractivity (Wildman–Crippen MR) is 73.4 cm³/mol. The minimum absolute atomic E-state index is 0.211. The average molecular weight is 328 g/mol. The maximum atomic E-state index is 12.7. The zero-order valence-corrected chi connectivity index (χ0v) is 12.4. The highest BCUT2D eigenvalue weighted by Crippen LogP contribution is 2.31. The van der Waals surface area contributed by atoms with Gasteiger partial charge < -0.3 is 4.42 Å². The molecule has 3 heterocycles. The van der Waals surface area contributed by atoms with E-state index in [1.165, 1.54) is 16.0 Å². The third-order valence-corrected chi connectivity index (χ3v) is 3.97. The second-order valence-electron chi connectivity index (χ2n) is 4.71. The van der Waals surface area contributed by atoms with Gasteiger partial charge in [0.1, 0.15) is 6.04 Å². The Morgan fingerprint density at radius 1 is 1.32 bits per heavy atom. The molecule has 0 fully saturated rings. The van der Waals surface area contributed by atoms with Gasteiger partial charge in [-0.25, -0.2) is 0 Å². The number of alkyl halides is 3. The van der Waals surface area contributed by atoms with Gasteiger partial charge in [0.2, 0.25) is 5.89 Å². The maximum absolute atomic E-state index is 12.7. The Hall–Kier alpha value is -2.16. The molecule has 0 aliphatic carbocycles. The van der Waals surface area contributed by atoms with Crippen molar-refractivity contribution in [1.29, 1.82) is 0 Å². The van der Waals surface area contributed by atoms with Crippen LogP contribution in [0.4, 0.5) is 13.2 Å². The lowest BCUT2D eigenvalue weighted by atomic mass is 10.3. The molecule has 3 aromatic heterocycles. The van der Waals surface area contributed by atoms with E-state index < -0.39 is 17.9 Å². The molecular weight excluding hydrogens is 317 g/mol. The highest BCUT2D eigenvalue weighted by atomic mass is 32.1. The molecule has 0 saturated heterocycles. The van der Waals surface area contributed by atoms with Crippen molar-refractivity contribution in [1.82, 2.24) is 20.0 Å². The minimum atomic E-state index is -4.48. The Balaban J connectivity index is 1.91. The number of aryl methyl sites for hydroxylation is 1. The lowest BCUT2D eigenvalue weighted by molar-refractivity contribution is -0.141. The SMILES string of the molecule is Cc1cc(C(F)(F)F)nn1C(C)c1nnc(-c2cccs2)o1. The van der Waals surface area contributed by atoms with E-state index in [4.69, 9.17) is 4.42 Å². The zero-order valence-electron chi connectivity index (χ0n) is 11.6. The minimum Gasteiger partial charge on any atom is -0.418 e. The molecule has 0 spiro atoms. The molecule has 1 unspecified atom stereocenters. The van der Waals surface area contributed by atoms with E-state index in [1.807, 2.05) is 17.5 Å². The zero-order chi connectivity index (χ0) is 15.9. The maximum Gasteiger partial charge on any atom is 0.435 e. The molecule has 0 aliphatic rings. The number of hydrogen-bond acceptors (Lipinski definition) is 5. The normalized spacial score (nSPS) is 13.5. The van der Waals surface area contributed by atoms with Crippen LogP contribution in [0.25, 0.3) is 10.8 Å². The Morgan fingerprint density at radius 2 is 2.09 bits per heavy atom. The number of hydrogen-bond donors (Lipinski definition) is 0. The van der Waals surface area contributed by atoms with Crippen molar-refractivity contribution >= 4 is 11.3 Å². The van der Waals surface area contributed by atoms with Gasteiger partial charge in [-0.15, -0.1) is 21.5 Å². The van der Waals surface area contributed by atoms with Gasteiger partial charge in [-0.05, 0) is 31.4 Å². The van der Waals surface area contributed by atoms with Crippen LogP contribution in [0.5, 0.6) is 0 Å². The fourth-order valence-electron chi connectivity index (χ4n) is 2.03. The summed E-state index contributed by atoms with van der Waals surface area (Å²) in [6, 6.07) is 4.08. The van der Waals surface area contributed by atoms with E-state index in [9.17, 15) is 13.2 Å². The lowest BCUT2D eigenvalue weighted by Gasteiger charge is -2.09. The van der Waals surface area contributed by atoms with E-state index in [0.717, 1.165) is 10.9 Å². The monoisotopic (exact) mass is 328 g/mol. The number of rotatable bonds is 3. The van der Waals surface area contributed by atoms with E-state index in [2.05, 4.69) is 15.3 Å². The fourth-order valence-corrected chi connectivity index (χ4v) is 2.67. The summed E-state index contributed by atoms with van der Waals surface area (Å²) in [6.45, 7) is 3.21. The van der Waals surface area contributed by atoms with Crippen molar-refractivity contribution in [2.75, 3.05) is 0 Å². The Bertz CT molecular complexity index is 776. The van der Waals surface area contributed by atoms with Crippen LogP contribution in [0.15, 0.2) is 28.0 Å². The summed E-state index contributed by atoms with van der Waals surface area (Å²) < 4.78 is 44.9. The largest absolute Gasteiger partial charge is 0.435 e. The van der Waals surface area contributed by atoms with Crippen molar-refractivity contribution in [3.8, 4) is 10.8 Å². The van der Waals surface area contributed by atoms with E-state index in [-0.39, 0.29) is 5.89 Å². The van der Waals surface area contributed by atoms with Crippen LogP contribution < -0.4 is 0 Å². The summed E-state index contributed by atoms with van der Waals surface area (Å²) >= 11 is 1.44. The van der Waals surface area contributed by atoms with Gasteiger partial charge >= 0.3 is 6.18 Å². The second kappa shape index (κ2) is 5.24. The molecule has 0 saturated carbocycles. The quantitative estimate of drug-likeness (QED) is 0.731. The van der Waals surface area contributed by atoms with Gasteiger partial charge in [0.15, 0.2) is 5.69 Å². The first-order valence-corrected chi connectivity index (χ1v) is 7.25. The van der Waals surface area contributed by atoms with Gasteiger partial charge in [-0.1, -0.05) is 6.07 Å². The van der Waals surface area contributed by atoms with Gasteiger partial charge in [0, 0.05) is 5.69 Å². The molecule has 9 heteroatoms. The highest BCUT2D eigenvalue weighted by Gasteiger charge is 2.35. The molecule has 0 radical (unpaired) electrons. The van der Waals surface area contributed by atoms with Crippen LogP contribution in [0.2, 0.25) is 0 Å². The highest BCUT2D eigenvalue weighted by molar-refractivity contribution is 7.13. The molecule has 0 aromatic carbocycles. The van der Waals surface area contributed by atoms with Crippen molar-refractivity contribution in [3.05, 3.63) is 40.9 Å². The third-order valence-electron chi connectivity index (χ3n) is 3.11.